The van der Waals surface area contributed by atoms with Gasteiger partial charge in [0.2, 0.25) is 5.91 Å². The average molecular weight is 379 g/mol. The van der Waals surface area contributed by atoms with Gasteiger partial charge in [0.15, 0.2) is 11.0 Å². The third-order valence-corrected chi connectivity index (χ3v) is 4.82. The number of thiocarbonyl (C=S) groups is 1. The van der Waals surface area contributed by atoms with Gasteiger partial charge in [0.25, 0.3) is 5.91 Å². The van der Waals surface area contributed by atoms with E-state index in [0.29, 0.717) is 5.69 Å². The second kappa shape index (κ2) is 7.80. The summed E-state index contributed by atoms with van der Waals surface area (Å²) in [6, 6.07) is 13.4. The molecule has 1 aliphatic heterocycles. The fourth-order valence-corrected chi connectivity index (χ4v) is 3.16. The number of anilines is 1. The van der Waals surface area contributed by atoms with Crippen LogP contribution in [-0.4, -0.2) is 23.1 Å². The van der Waals surface area contributed by atoms with Crippen LogP contribution in [0.25, 0.3) is 0 Å². The summed E-state index contributed by atoms with van der Waals surface area (Å²) in [4.78, 5) is 31.0. The first kappa shape index (κ1) is 18.9. The lowest BCUT2D eigenvalue weighted by Gasteiger charge is -2.31. The van der Waals surface area contributed by atoms with E-state index in [0.717, 1.165) is 28.8 Å². The fourth-order valence-electron chi connectivity index (χ4n) is 2.86. The molecule has 1 saturated heterocycles. The maximum absolute atomic E-state index is 13.0. The first-order chi connectivity index (χ1) is 12.9. The highest BCUT2D eigenvalue weighted by molar-refractivity contribution is 7.80. The Morgan fingerprint density at radius 2 is 1.85 bits per heavy atom. The van der Waals surface area contributed by atoms with Gasteiger partial charge in [0.05, 0.1) is 11.4 Å². The Bertz CT molecular complexity index is 935. The Balaban J connectivity index is 1.90. The first-order valence-electron chi connectivity index (χ1n) is 8.80. The Kier molecular flexibility index (Phi) is 5.46. The summed E-state index contributed by atoms with van der Waals surface area (Å²) in [5, 5.41) is 2.69. The van der Waals surface area contributed by atoms with Crippen molar-refractivity contribution in [3.8, 4) is 0 Å². The fraction of sp³-hybridized carbons (Fsp3) is 0.238. The van der Waals surface area contributed by atoms with Gasteiger partial charge in [-0.15, -0.1) is 0 Å². The summed E-state index contributed by atoms with van der Waals surface area (Å²) in [6.45, 7) is 5.97. The van der Waals surface area contributed by atoms with Crippen molar-refractivity contribution < 1.29 is 9.59 Å². The molecule has 2 aromatic carbocycles. The second-order valence-corrected chi connectivity index (χ2v) is 6.92. The van der Waals surface area contributed by atoms with Gasteiger partial charge < -0.3 is 5.32 Å². The number of aryl methyl sites for hydroxylation is 3. The number of rotatable bonds is 4. The van der Waals surface area contributed by atoms with Gasteiger partial charge in [0, 0.05) is 6.21 Å². The van der Waals surface area contributed by atoms with Crippen LogP contribution in [-0.2, 0) is 16.0 Å². The predicted octanol–water partition coefficient (Wildman–Crippen LogP) is 3.63. The minimum Gasteiger partial charge on any atom is -0.301 e. The molecule has 2 amide bonds. The Labute approximate surface area is 164 Å². The van der Waals surface area contributed by atoms with Gasteiger partial charge in [-0.25, -0.2) is 0 Å². The quantitative estimate of drug-likeness (QED) is 0.501. The van der Waals surface area contributed by atoms with Crippen molar-refractivity contribution in [1.29, 1.82) is 0 Å². The third kappa shape index (κ3) is 3.95. The van der Waals surface area contributed by atoms with Crippen molar-refractivity contribution in [3.05, 3.63) is 59.2 Å². The lowest BCUT2D eigenvalue weighted by molar-refractivity contribution is -0.130. The zero-order valence-corrected chi connectivity index (χ0v) is 16.3. The molecule has 0 aromatic heterocycles. The summed E-state index contributed by atoms with van der Waals surface area (Å²) in [5.41, 5.74) is 4.56. The number of nitrogens with one attached hydrogen (secondary N) is 1. The summed E-state index contributed by atoms with van der Waals surface area (Å²) < 4.78 is 0. The molecular formula is C21H21N3O2S. The molecule has 1 N–H and O–H groups in total. The van der Waals surface area contributed by atoms with E-state index in [1.54, 1.807) is 0 Å². The highest BCUT2D eigenvalue weighted by Gasteiger charge is 2.38. The van der Waals surface area contributed by atoms with Crippen molar-refractivity contribution >= 4 is 46.7 Å². The third-order valence-electron chi connectivity index (χ3n) is 4.53. The molecule has 0 unspecified atom stereocenters. The van der Waals surface area contributed by atoms with Crippen molar-refractivity contribution in [1.82, 2.24) is 5.32 Å². The molecule has 0 spiro atoms. The zero-order chi connectivity index (χ0) is 19.6. The number of hydrogen-bond acceptors (Lipinski definition) is 4. The zero-order valence-electron chi connectivity index (χ0n) is 15.5. The number of amides is 2. The van der Waals surface area contributed by atoms with E-state index in [1.165, 1.54) is 11.1 Å². The van der Waals surface area contributed by atoms with Crippen LogP contribution in [0.15, 0.2) is 47.5 Å². The average Bonchev–Trinajstić information content (AvgIpc) is 2.64. The monoisotopic (exact) mass is 379 g/mol. The lowest BCUT2D eigenvalue weighted by atomic mass is 10.0. The molecule has 1 heterocycles. The lowest BCUT2D eigenvalue weighted by Crippen LogP contribution is -2.58. The summed E-state index contributed by atoms with van der Waals surface area (Å²) in [7, 11) is 0. The van der Waals surface area contributed by atoms with Crippen molar-refractivity contribution in [3.63, 3.8) is 0 Å². The van der Waals surface area contributed by atoms with E-state index in [4.69, 9.17) is 12.2 Å². The molecule has 1 fully saturated rings. The van der Waals surface area contributed by atoms with Crippen molar-refractivity contribution in [2.24, 2.45) is 10.9 Å². The Morgan fingerprint density at radius 3 is 2.52 bits per heavy atom. The maximum Gasteiger partial charge on any atom is 0.251 e. The van der Waals surface area contributed by atoms with Crippen molar-refractivity contribution in [2.45, 2.75) is 27.2 Å². The molecule has 6 heteroatoms. The first-order valence-corrected chi connectivity index (χ1v) is 9.20. The Morgan fingerprint density at radius 1 is 1.15 bits per heavy atom. The molecule has 27 heavy (non-hydrogen) atoms. The Hall–Kier alpha value is -2.86. The van der Waals surface area contributed by atoms with Gasteiger partial charge in [-0.2, -0.15) is 0 Å². The molecule has 1 atom stereocenters. The second-order valence-electron chi connectivity index (χ2n) is 6.53. The molecule has 0 bridgehead atoms. The number of aliphatic imine (C=N–C) groups is 1. The number of hydrogen-bond donors (Lipinski definition) is 1. The molecule has 2 aromatic rings. The topological polar surface area (TPSA) is 61.8 Å². The molecule has 3 rings (SSSR count). The summed E-state index contributed by atoms with van der Waals surface area (Å²) in [5.74, 6) is -1.88. The van der Waals surface area contributed by atoms with Gasteiger partial charge in [-0.3, -0.25) is 19.5 Å². The smallest absolute Gasteiger partial charge is 0.251 e. The number of carbonyl (C=O) groups excluding carboxylic acids is 2. The van der Waals surface area contributed by atoms with Crippen LogP contribution in [0.4, 0.5) is 11.4 Å². The largest absolute Gasteiger partial charge is 0.301 e. The van der Waals surface area contributed by atoms with Crippen LogP contribution in [0, 0.1) is 19.8 Å². The van der Waals surface area contributed by atoms with Crippen LogP contribution >= 0.6 is 12.2 Å². The van der Waals surface area contributed by atoms with Crippen LogP contribution in [0.3, 0.4) is 0 Å². The maximum atomic E-state index is 13.0. The van der Waals surface area contributed by atoms with E-state index in [9.17, 15) is 9.59 Å². The summed E-state index contributed by atoms with van der Waals surface area (Å²) >= 11 is 5.22. The van der Waals surface area contributed by atoms with Gasteiger partial charge in [-0.1, -0.05) is 31.2 Å². The van der Waals surface area contributed by atoms with Crippen LogP contribution in [0.2, 0.25) is 0 Å². The summed E-state index contributed by atoms with van der Waals surface area (Å²) in [6.07, 6.45) is 2.30. The van der Waals surface area contributed by atoms with Crippen LogP contribution < -0.4 is 10.2 Å². The van der Waals surface area contributed by atoms with E-state index in [-0.39, 0.29) is 5.11 Å². The van der Waals surface area contributed by atoms with E-state index >= 15 is 0 Å². The van der Waals surface area contributed by atoms with Gasteiger partial charge >= 0.3 is 0 Å². The molecule has 0 saturated carbocycles. The normalized spacial score (nSPS) is 17.5. The van der Waals surface area contributed by atoms with E-state index in [1.807, 2.05) is 56.3 Å². The predicted molar refractivity (Wildman–Crippen MR) is 112 cm³/mol. The number of benzene rings is 2. The molecule has 0 aliphatic carbocycles. The molecule has 138 valence electrons. The number of nitrogens with zero attached hydrogens (tertiary/aromatic N) is 2. The van der Waals surface area contributed by atoms with Crippen LogP contribution in [0.1, 0.15) is 23.6 Å². The standard InChI is InChI=1S/C21H21N3O2S/c1-4-15-7-9-16(10-8-15)24-20(26)17(19(25)23-21(24)27)12-22-18-11-13(2)5-6-14(18)3/h5-12,17H,4H2,1-3H3,(H,23,25,27)/t17-/m0/s1. The van der Waals surface area contributed by atoms with E-state index in [2.05, 4.69) is 17.2 Å². The van der Waals surface area contributed by atoms with Crippen molar-refractivity contribution in [2.75, 3.05) is 4.90 Å². The molecule has 0 radical (unpaired) electrons. The molecule has 1 aliphatic rings. The van der Waals surface area contributed by atoms with Gasteiger partial charge in [-0.05, 0) is 67.4 Å². The van der Waals surface area contributed by atoms with Gasteiger partial charge in [0.1, 0.15) is 0 Å². The molecular weight excluding hydrogens is 358 g/mol. The minimum absolute atomic E-state index is 0.0886. The number of carbonyl (C=O) groups is 2. The van der Waals surface area contributed by atoms with Crippen LogP contribution in [0.5, 0.6) is 0 Å². The molecule has 5 nitrogen and oxygen atoms in total. The highest BCUT2D eigenvalue weighted by atomic mass is 32.1. The minimum atomic E-state index is -1.03. The SMILES string of the molecule is CCc1ccc(N2C(=O)[C@@H](C=Nc3cc(C)ccc3C)C(=O)NC2=S)cc1. The highest BCUT2D eigenvalue weighted by Crippen LogP contribution is 2.23. The van der Waals surface area contributed by atoms with E-state index < -0.39 is 17.7 Å².